The molecule has 11 nitrogen and oxygen atoms in total. The van der Waals surface area contributed by atoms with Crippen molar-refractivity contribution in [2.45, 2.75) is 64.0 Å². The molecule has 270 valence electrons. The highest BCUT2D eigenvalue weighted by Gasteiger charge is 2.28. The number of carbonyl (C=O) groups excluding carboxylic acids is 2. The number of amides is 2. The summed E-state index contributed by atoms with van der Waals surface area (Å²) in [5.41, 5.74) is 4.91. The number of hydrogen-bond acceptors (Lipinski definition) is 8. The summed E-state index contributed by atoms with van der Waals surface area (Å²) in [6, 6.07) is 9.43. The van der Waals surface area contributed by atoms with Crippen LogP contribution < -0.4 is 25.8 Å². The van der Waals surface area contributed by atoms with Crippen LogP contribution in [0.1, 0.15) is 56.9 Å². The van der Waals surface area contributed by atoms with E-state index >= 15 is 0 Å². The summed E-state index contributed by atoms with van der Waals surface area (Å²) in [6.07, 6.45) is 11.5. The first kappa shape index (κ1) is 35.3. The predicted octanol–water partition coefficient (Wildman–Crippen LogP) is 6.37. The monoisotopic (exact) mass is 733 g/mol. The lowest BCUT2D eigenvalue weighted by atomic mass is 9.85. The molecule has 3 aliphatic heterocycles. The highest BCUT2D eigenvalue weighted by Crippen LogP contribution is 2.38. The van der Waals surface area contributed by atoms with Crippen LogP contribution in [-0.4, -0.2) is 70.8 Å². The van der Waals surface area contributed by atoms with Crippen molar-refractivity contribution < 1.29 is 14.3 Å². The standard InChI is InChI=1S/C38H45Cl2N7O4/c1-45-21-28(27-20-41-44-36(27)38(45)50)25-17-30(39)29(34(18-25)51-2)22-46-13-9-23(10-14-46)3-4-24-11-15-47(16-12-24)33-7-5-26(19-31(33)40)42-32-6-8-35(48)43-37(32)49/h5,7,17-21,23-24,32,42H,3-4,6,8-16,22H2,1-2H3,(H,41,44)(H,43,48,49). The van der Waals surface area contributed by atoms with E-state index < -0.39 is 6.04 Å². The van der Waals surface area contributed by atoms with Crippen molar-refractivity contribution in [3.63, 3.8) is 0 Å². The number of imide groups is 1. The Morgan fingerprint density at radius 1 is 0.941 bits per heavy atom. The van der Waals surface area contributed by atoms with Crippen LogP contribution in [0, 0.1) is 11.8 Å². The van der Waals surface area contributed by atoms with Crippen LogP contribution in [0.2, 0.25) is 10.0 Å². The van der Waals surface area contributed by atoms with Gasteiger partial charge in [-0.15, -0.1) is 0 Å². The summed E-state index contributed by atoms with van der Waals surface area (Å²) in [6.45, 7) is 4.78. The van der Waals surface area contributed by atoms with Gasteiger partial charge in [0.2, 0.25) is 11.8 Å². The fraction of sp³-hybridized carbons (Fsp3) is 0.474. The van der Waals surface area contributed by atoms with E-state index in [2.05, 4.69) is 30.6 Å². The minimum Gasteiger partial charge on any atom is -0.496 e. The zero-order valence-corrected chi connectivity index (χ0v) is 30.7. The van der Waals surface area contributed by atoms with E-state index in [1.165, 1.54) is 25.7 Å². The molecule has 2 aromatic heterocycles. The number of pyridine rings is 1. The van der Waals surface area contributed by atoms with Crippen LogP contribution in [-0.2, 0) is 23.2 Å². The van der Waals surface area contributed by atoms with Crippen LogP contribution in [0.5, 0.6) is 5.75 Å². The van der Waals surface area contributed by atoms with Crippen LogP contribution in [0.3, 0.4) is 0 Å². The second kappa shape index (κ2) is 15.3. The summed E-state index contributed by atoms with van der Waals surface area (Å²) in [5.74, 6) is 1.70. The zero-order valence-electron chi connectivity index (χ0n) is 29.1. The first-order valence-electron chi connectivity index (χ1n) is 17.9. The average molecular weight is 735 g/mol. The number of hydrogen-bond donors (Lipinski definition) is 3. The Bertz CT molecular complexity index is 1980. The molecule has 51 heavy (non-hydrogen) atoms. The molecule has 1 atom stereocenters. The van der Waals surface area contributed by atoms with Gasteiger partial charge in [0.05, 0.1) is 24.0 Å². The van der Waals surface area contributed by atoms with Crippen molar-refractivity contribution in [2.24, 2.45) is 18.9 Å². The second-order valence-corrected chi connectivity index (χ2v) is 15.1. The van der Waals surface area contributed by atoms with Crippen molar-refractivity contribution >= 4 is 57.3 Å². The van der Waals surface area contributed by atoms with Gasteiger partial charge in [-0.1, -0.05) is 36.0 Å². The molecule has 3 saturated heterocycles. The SMILES string of the molecule is COc1cc(-c2cn(C)c(=O)c3[nH]ncc23)cc(Cl)c1CN1CCC(CCC2CCN(c3ccc(NC4CCC(=O)NC4=O)cc3Cl)CC2)CC1. The topological polar surface area (TPSA) is 125 Å². The fourth-order valence-electron chi connectivity index (χ4n) is 7.96. The van der Waals surface area contributed by atoms with E-state index in [-0.39, 0.29) is 17.4 Å². The first-order valence-corrected chi connectivity index (χ1v) is 18.7. The number of aromatic nitrogens is 3. The number of ether oxygens (including phenoxy) is 1. The number of likely N-dealkylation sites (tertiary alicyclic amines) is 1. The van der Waals surface area contributed by atoms with Crippen LogP contribution in [0.25, 0.3) is 22.0 Å². The molecule has 7 rings (SSSR count). The number of nitrogens with one attached hydrogen (secondary N) is 3. The predicted molar refractivity (Wildman–Crippen MR) is 202 cm³/mol. The van der Waals surface area contributed by atoms with E-state index in [9.17, 15) is 14.4 Å². The molecule has 4 aromatic rings. The number of aromatic amines is 1. The van der Waals surface area contributed by atoms with E-state index in [0.717, 1.165) is 96.6 Å². The van der Waals surface area contributed by atoms with Gasteiger partial charge in [0, 0.05) is 66.5 Å². The highest BCUT2D eigenvalue weighted by molar-refractivity contribution is 6.33. The molecule has 0 saturated carbocycles. The van der Waals surface area contributed by atoms with Crippen molar-refractivity contribution in [1.29, 1.82) is 0 Å². The highest BCUT2D eigenvalue weighted by atomic mass is 35.5. The number of benzene rings is 2. The van der Waals surface area contributed by atoms with Crippen LogP contribution >= 0.6 is 23.2 Å². The minimum absolute atomic E-state index is 0.123. The molecule has 13 heteroatoms. The van der Waals surface area contributed by atoms with Gasteiger partial charge in [-0.2, -0.15) is 5.10 Å². The number of fused-ring (bicyclic) bond motifs is 1. The van der Waals surface area contributed by atoms with E-state index in [4.69, 9.17) is 27.9 Å². The maximum Gasteiger partial charge on any atom is 0.276 e. The number of methoxy groups -OCH3 is 1. The molecule has 2 amide bonds. The normalized spacial score (nSPS) is 19.5. The largest absolute Gasteiger partial charge is 0.496 e. The van der Waals surface area contributed by atoms with Gasteiger partial charge in [0.1, 0.15) is 17.3 Å². The number of H-pyrrole nitrogens is 1. The van der Waals surface area contributed by atoms with Gasteiger partial charge < -0.3 is 19.5 Å². The van der Waals surface area contributed by atoms with Gasteiger partial charge in [-0.05, 0) is 92.9 Å². The number of nitrogens with zero attached hydrogens (tertiary/aromatic N) is 4. The quantitative estimate of drug-likeness (QED) is 0.161. The van der Waals surface area contributed by atoms with Gasteiger partial charge in [-0.3, -0.25) is 29.7 Å². The van der Waals surface area contributed by atoms with Crippen molar-refractivity contribution in [1.82, 2.24) is 25.0 Å². The third-order valence-electron chi connectivity index (χ3n) is 11.0. The Morgan fingerprint density at radius 2 is 1.67 bits per heavy atom. The number of piperidine rings is 3. The molecule has 5 heterocycles. The number of aryl methyl sites for hydroxylation is 1. The summed E-state index contributed by atoms with van der Waals surface area (Å²) >= 11 is 13.6. The van der Waals surface area contributed by atoms with Crippen molar-refractivity contribution in [3.05, 3.63) is 68.7 Å². The maximum atomic E-state index is 12.5. The number of rotatable bonds is 10. The Morgan fingerprint density at radius 3 is 2.35 bits per heavy atom. The van der Waals surface area contributed by atoms with Crippen molar-refractivity contribution in [2.75, 3.05) is 43.5 Å². The summed E-state index contributed by atoms with van der Waals surface area (Å²) in [7, 11) is 3.41. The lowest BCUT2D eigenvalue weighted by Crippen LogP contribution is -2.47. The lowest BCUT2D eigenvalue weighted by molar-refractivity contribution is -0.133. The minimum atomic E-state index is -0.428. The molecule has 0 bridgehead atoms. The summed E-state index contributed by atoms with van der Waals surface area (Å²) in [4.78, 5) is 41.0. The third kappa shape index (κ3) is 7.76. The molecule has 0 spiro atoms. The number of carbonyl (C=O) groups is 2. The Balaban J connectivity index is 0.876. The van der Waals surface area contributed by atoms with Crippen LogP contribution in [0.4, 0.5) is 11.4 Å². The molecule has 0 radical (unpaired) electrons. The molecule has 2 aromatic carbocycles. The smallest absolute Gasteiger partial charge is 0.276 e. The third-order valence-corrected chi connectivity index (χ3v) is 11.7. The summed E-state index contributed by atoms with van der Waals surface area (Å²) < 4.78 is 7.40. The van der Waals surface area contributed by atoms with Gasteiger partial charge in [0.25, 0.3) is 5.56 Å². The number of anilines is 2. The number of halogens is 2. The van der Waals surface area contributed by atoms with Gasteiger partial charge in [-0.25, -0.2) is 0 Å². The lowest BCUT2D eigenvalue weighted by Gasteiger charge is -2.36. The molecule has 3 aliphatic rings. The van der Waals surface area contributed by atoms with Gasteiger partial charge >= 0.3 is 0 Å². The van der Waals surface area contributed by atoms with E-state index in [0.29, 0.717) is 28.4 Å². The van der Waals surface area contributed by atoms with E-state index in [1.54, 1.807) is 24.9 Å². The van der Waals surface area contributed by atoms with E-state index in [1.807, 2.05) is 36.5 Å². The molecule has 1 unspecified atom stereocenters. The maximum absolute atomic E-state index is 12.5. The Labute approximate surface area is 307 Å². The zero-order chi connectivity index (χ0) is 35.6. The average Bonchev–Trinajstić information content (AvgIpc) is 3.62. The Hall–Kier alpha value is -4.06. The van der Waals surface area contributed by atoms with Crippen molar-refractivity contribution in [3.8, 4) is 16.9 Å². The second-order valence-electron chi connectivity index (χ2n) is 14.3. The first-order chi connectivity index (χ1) is 24.7. The molecule has 0 aliphatic carbocycles. The summed E-state index contributed by atoms with van der Waals surface area (Å²) in [5, 5.41) is 14.6. The molecule has 3 N–H and O–H groups in total. The molecular weight excluding hydrogens is 689 g/mol. The Kier molecular flexibility index (Phi) is 10.6. The fourth-order valence-corrected chi connectivity index (χ4v) is 8.53. The molecule has 3 fully saturated rings. The van der Waals surface area contributed by atoms with Gasteiger partial charge in [0.15, 0.2) is 0 Å². The van der Waals surface area contributed by atoms with Crippen LogP contribution in [0.15, 0.2) is 47.5 Å². The molecular formula is C38H45Cl2N7O4.